The minimum absolute atomic E-state index is 0.0282. The molecule has 0 spiro atoms. The maximum absolute atomic E-state index is 14.2. The van der Waals surface area contributed by atoms with Crippen molar-refractivity contribution in [3.63, 3.8) is 0 Å². The molecule has 1 aliphatic carbocycles. The van der Waals surface area contributed by atoms with E-state index >= 15 is 0 Å². The molecule has 2 atom stereocenters. The molecule has 2 aromatic carbocycles. The fourth-order valence-corrected chi connectivity index (χ4v) is 7.70. The molecule has 2 aromatic heterocycles. The largest absolute Gasteiger partial charge is 0.354 e. The molecule has 2 saturated heterocycles. The number of Topliss-reactive ketones (excluding diaryl/α,β-unsaturated/α-hetero) is 1. The first-order chi connectivity index (χ1) is 25.7. The summed E-state index contributed by atoms with van der Waals surface area (Å²) in [6.45, 7) is 5.79. The summed E-state index contributed by atoms with van der Waals surface area (Å²) in [6.07, 6.45) is 6.01. The van der Waals surface area contributed by atoms with Gasteiger partial charge in [-0.05, 0) is 50.5 Å². The van der Waals surface area contributed by atoms with Gasteiger partial charge in [-0.25, -0.2) is 0 Å². The van der Waals surface area contributed by atoms with Crippen molar-refractivity contribution in [1.29, 1.82) is 0 Å². The van der Waals surface area contributed by atoms with Gasteiger partial charge in [-0.3, -0.25) is 24.0 Å². The smallest absolute Gasteiger partial charge is 0.292 e. The number of carbonyl (C=O) groups excluding carboxylic acids is 5. The van der Waals surface area contributed by atoms with E-state index < -0.39 is 6.04 Å². The molecule has 7 rings (SSSR count). The van der Waals surface area contributed by atoms with Gasteiger partial charge in [0.05, 0.1) is 6.04 Å². The average molecular weight is 721 g/mol. The van der Waals surface area contributed by atoms with Crippen LogP contribution in [0.1, 0.15) is 79.7 Å². The van der Waals surface area contributed by atoms with E-state index in [0.29, 0.717) is 69.5 Å². The molecule has 3 fully saturated rings. The number of hydrogen-bond donors (Lipinski definition) is 1. The summed E-state index contributed by atoms with van der Waals surface area (Å²) in [7, 11) is 0. The van der Waals surface area contributed by atoms with Crippen LogP contribution in [0.25, 0.3) is 22.2 Å². The Morgan fingerprint density at radius 2 is 1.66 bits per heavy atom. The highest BCUT2D eigenvalue weighted by molar-refractivity contribution is 6.10. The lowest BCUT2D eigenvalue weighted by Gasteiger charge is -2.31. The highest BCUT2D eigenvalue weighted by Crippen LogP contribution is 2.35. The first-order valence-electron chi connectivity index (χ1n) is 19.0. The van der Waals surface area contributed by atoms with Crippen molar-refractivity contribution in [2.24, 2.45) is 11.8 Å². The average Bonchev–Trinajstić information content (AvgIpc) is 3.55. The summed E-state index contributed by atoms with van der Waals surface area (Å²) < 4.78 is 7.33. The summed E-state index contributed by atoms with van der Waals surface area (Å²) in [5.74, 6) is -0.371. The van der Waals surface area contributed by atoms with Gasteiger partial charge in [0.2, 0.25) is 23.5 Å². The standard InChI is InChI=1S/C41H48N6O6/c1-27(2)21-37(48)46-20-10-19-44(41(52)36-23-33(43-53-36)28-11-4-3-5-12-28)18-9-8-17-42-40(51)35-22-30(46)24-47(35)38(49)26-45-25-32(39(50)29-15-16-29)31-13-6-7-14-34(31)45/h3-7,11-14,23,25,27,29-30,35H,8-10,15-22,24,26H2,1-2H3,(H,42,51)/t30-,35-/m0/s1. The second-order valence-electron chi connectivity index (χ2n) is 15.0. The van der Waals surface area contributed by atoms with E-state index in [9.17, 15) is 24.0 Å². The lowest BCUT2D eigenvalue weighted by atomic mass is 10.1. The van der Waals surface area contributed by atoms with Crippen molar-refractivity contribution in [2.75, 3.05) is 32.7 Å². The fraction of sp³-hybridized carbons (Fsp3) is 0.463. The summed E-state index contributed by atoms with van der Waals surface area (Å²) in [4.78, 5) is 73.8. The van der Waals surface area contributed by atoms with E-state index in [2.05, 4.69) is 10.5 Å². The highest BCUT2D eigenvalue weighted by atomic mass is 16.5. The van der Waals surface area contributed by atoms with Gasteiger partial charge in [-0.2, -0.15) is 0 Å². The van der Waals surface area contributed by atoms with Crippen LogP contribution in [0.15, 0.2) is 71.4 Å². The van der Waals surface area contributed by atoms with Gasteiger partial charge in [0, 0.05) is 79.4 Å². The lowest BCUT2D eigenvalue weighted by molar-refractivity contribution is -0.139. The molecule has 4 aromatic rings. The third kappa shape index (κ3) is 8.06. The molecule has 0 radical (unpaired) electrons. The Labute approximate surface area is 309 Å². The van der Waals surface area contributed by atoms with Crippen LogP contribution in [0.3, 0.4) is 0 Å². The van der Waals surface area contributed by atoms with Crippen LogP contribution < -0.4 is 5.32 Å². The van der Waals surface area contributed by atoms with Crippen LogP contribution in [0.2, 0.25) is 0 Å². The Hall–Kier alpha value is -5.26. The molecule has 0 unspecified atom stereocenters. The number of benzene rings is 2. The van der Waals surface area contributed by atoms with Gasteiger partial charge < -0.3 is 29.1 Å². The predicted molar refractivity (Wildman–Crippen MR) is 199 cm³/mol. The van der Waals surface area contributed by atoms with Crippen LogP contribution in [-0.4, -0.2) is 98.6 Å². The first kappa shape index (κ1) is 36.1. The topological polar surface area (TPSA) is 138 Å². The van der Waals surface area contributed by atoms with Gasteiger partial charge in [-0.15, -0.1) is 0 Å². The minimum Gasteiger partial charge on any atom is -0.354 e. The summed E-state index contributed by atoms with van der Waals surface area (Å²) >= 11 is 0. The molecule has 278 valence electrons. The third-order valence-electron chi connectivity index (χ3n) is 10.6. The predicted octanol–water partition coefficient (Wildman–Crippen LogP) is 5.18. The van der Waals surface area contributed by atoms with E-state index in [1.165, 1.54) is 0 Å². The normalized spacial score (nSPS) is 20.1. The molecule has 4 heterocycles. The van der Waals surface area contributed by atoms with Crippen LogP contribution in [0, 0.1) is 11.8 Å². The van der Waals surface area contributed by atoms with Crippen LogP contribution >= 0.6 is 0 Å². The SMILES string of the molecule is CC(C)CC(=O)N1CCCN(C(=O)c2cc(-c3ccccc3)no2)CCCCNC(=O)[C@@H]2C[C@H]1CN2C(=O)Cn1cc(C(=O)C2CC2)c2ccccc21. The molecule has 1 saturated carbocycles. The number of amides is 4. The zero-order valence-corrected chi connectivity index (χ0v) is 30.5. The van der Waals surface area contributed by atoms with Crippen molar-refractivity contribution in [3.05, 3.63) is 78.2 Å². The number of fused-ring (bicyclic) bond motifs is 3. The maximum Gasteiger partial charge on any atom is 0.292 e. The number of nitrogens with one attached hydrogen (secondary N) is 1. The number of hydrogen-bond acceptors (Lipinski definition) is 7. The molecule has 2 aliphatic heterocycles. The molecule has 12 nitrogen and oxygen atoms in total. The van der Waals surface area contributed by atoms with Crippen LogP contribution in [-0.2, 0) is 20.9 Å². The Morgan fingerprint density at radius 3 is 2.43 bits per heavy atom. The Balaban J connectivity index is 1.10. The quantitative estimate of drug-likeness (QED) is 0.248. The van der Waals surface area contributed by atoms with E-state index in [-0.39, 0.29) is 66.1 Å². The number of nitrogens with zero attached hydrogens (tertiary/aromatic N) is 5. The number of aromatic nitrogens is 2. The number of ketones is 1. The van der Waals surface area contributed by atoms with Crippen LogP contribution in [0.5, 0.6) is 0 Å². The Bertz CT molecular complexity index is 1980. The zero-order chi connectivity index (χ0) is 37.1. The van der Waals surface area contributed by atoms with Gasteiger partial charge in [0.25, 0.3) is 5.91 Å². The molecule has 2 bridgehead atoms. The van der Waals surface area contributed by atoms with Crippen molar-refractivity contribution < 1.29 is 28.5 Å². The summed E-state index contributed by atoms with van der Waals surface area (Å²) in [6, 6.07) is 17.7. The van der Waals surface area contributed by atoms with E-state index in [1.807, 2.05) is 77.9 Å². The monoisotopic (exact) mass is 720 g/mol. The maximum atomic E-state index is 14.2. The van der Waals surface area contributed by atoms with E-state index in [4.69, 9.17) is 4.52 Å². The number of likely N-dealkylation sites (tertiary alicyclic amines) is 1. The van der Waals surface area contributed by atoms with Gasteiger partial charge in [0.1, 0.15) is 18.3 Å². The zero-order valence-electron chi connectivity index (χ0n) is 30.5. The number of rotatable bonds is 8. The molecular weight excluding hydrogens is 672 g/mol. The molecular formula is C41H48N6O6. The summed E-state index contributed by atoms with van der Waals surface area (Å²) in [5, 5.41) is 8.00. The molecule has 53 heavy (non-hydrogen) atoms. The van der Waals surface area contributed by atoms with E-state index in [0.717, 1.165) is 29.3 Å². The minimum atomic E-state index is -0.734. The van der Waals surface area contributed by atoms with E-state index in [1.54, 1.807) is 22.1 Å². The van der Waals surface area contributed by atoms with Crippen molar-refractivity contribution in [3.8, 4) is 11.3 Å². The molecule has 3 aliphatic rings. The molecule has 1 N–H and O–H groups in total. The van der Waals surface area contributed by atoms with Crippen LogP contribution in [0.4, 0.5) is 0 Å². The van der Waals surface area contributed by atoms with Crippen molar-refractivity contribution in [2.45, 2.75) is 77.4 Å². The number of carbonyl (C=O) groups is 5. The Kier molecular flexibility index (Phi) is 10.7. The lowest BCUT2D eigenvalue weighted by Crippen LogP contribution is -2.47. The first-order valence-corrected chi connectivity index (χ1v) is 19.0. The third-order valence-corrected chi connectivity index (χ3v) is 10.6. The van der Waals surface area contributed by atoms with Gasteiger partial charge >= 0.3 is 0 Å². The molecule has 12 heteroatoms. The Morgan fingerprint density at radius 1 is 0.906 bits per heavy atom. The number of para-hydroxylation sites is 1. The fourth-order valence-electron chi connectivity index (χ4n) is 7.70. The van der Waals surface area contributed by atoms with Crippen molar-refractivity contribution in [1.82, 2.24) is 29.7 Å². The van der Waals surface area contributed by atoms with Crippen molar-refractivity contribution >= 4 is 40.3 Å². The highest BCUT2D eigenvalue weighted by Gasteiger charge is 2.43. The summed E-state index contributed by atoms with van der Waals surface area (Å²) in [5.41, 5.74) is 2.86. The second-order valence-corrected chi connectivity index (χ2v) is 15.0. The molecule has 4 amide bonds. The van der Waals surface area contributed by atoms with Gasteiger partial charge in [-0.1, -0.05) is 67.5 Å². The second kappa shape index (κ2) is 15.8. The van der Waals surface area contributed by atoms with Gasteiger partial charge in [0.15, 0.2) is 5.78 Å².